The van der Waals surface area contributed by atoms with E-state index >= 15 is 0 Å². The van der Waals surface area contributed by atoms with E-state index in [9.17, 15) is 0 Å². The van der Waals surface area contributed by atoms with E-state index in [2.05, 4.69) is 351 Å². The summed E-state index contributed by atoms with van der Waals surface area (Å²) in [6.45, 7) is 21.3. The fourth-order valence-electron chi connectivity index (χ4n) is 15.1. The van der Waals surface area contributed by atoms with Gasteiger partial charge in [0.1, 0.15) is 0 Å². The van der Waals surface area contributed by atoms with Gasteiger partial charge < -0.3 is 9.80 Å². The summed E-state index contributed by atoms with van der Waals surface area (Å²) in [4.78, 5) is 5.52. The summed E-state index contributed by atoms with van der Waals surface area (Å²) >= 11 is 3.83. The van der Waals surface area contributed by atoms with Crippen LogP contribution in [0.1, 0.15) is 79.0 Å². The molecule has 0 unspecified atom stereocenters. The highest BCUT2D eigenvalue weighted by Gasteiger charge is 2.47. The van der Waals surface area contributed by atoms with Crippen molar-refractivity contribution in [3.63, 3.8) is 0 Å². The van der Waals surface area contributed by atoms with E-state index in [1.807, 2.05) is 22.7 Å². The van der Waals surface area contributed by atoms with Gasteiger partial charge in [0.15, 0.2) is 0 Å². The zero-order valence-electron chi connectivity index (χ0n) is 55.3. The van der Waals surface area contributed by atoms with E-state index in [1.165, 1.54) is 157 Å². The van der Waals surface area contributed by atoms with Gasteiger partial charge in [0.25, 0.3) is 6.71 Å². The first kappa shape index (κ1) is 58.8. The smallest absolute Gasteiger partial charge is 0.252 e. The highest BCUT2D eigenvalue weighted by molar-refractivity contribution is 7.26. The average molecular weight is 1260 g/mol. The Labute approximate surface area is 567 Å². The summed E-state index contributed by atoms with van der Waals surface area (Å²) in [7, 11) is 0. The van der Waals surface area contributed by atoms with Crippen molar-refractivity contribution in [3.05, 3.63) is 296 Å². The lowest BCUT2D eigenvalue weighted by atomic mass is 9.33. The first-order chi connectivity index (χ1) is 46.0. The fraction of sp³-hybridized carbons (Fsp3) is 0.133. The predicted octanol–water partition coefficient (Wildman–Crippen LogP) is 24.4. The van der Waals surface area contributed by atoms with Gasteiger partial charge in [-0.25, -0.2) is 0 Å². The molecule has 95 heavy (non-hydrogen) atoms. The van der Waals surface area contributed by atoms with Gasteiger partial charge in [0.2, 0.25) is 0 Å². The highest BCUT2D eigenvalue weighted by atomic mass is 32.1. The molecule has 458 valence electrons. The molecule has 0 radical (unpaired) electrons. The Balaban J connectivity index is 1.08. The zero-order chi connectivity index (χ0) is 64.6. The van der Waals surface area contributed by atoms with E-state index in [-0.39, 0.29) is 23.0 Å². The van der Waals surface area contributed by atoms with Crippen molar-refractivity contribution >= 4 is 120 Å². The lowest BCUT2D eigenvalue weighted by molar-refractivity contribution is 0.590. The second-order valence-corrected chi connectivity index (χ2v) is 31.4. The van der Waals surface area contributed by atoms with E-state index in [0.717, 1.165) is 16.8 Å². The molecule has 0 bridgehead atoms. The summed E-state index contributed by atoms with van der Waals surface area (Å²) in [5.41, 5.74) is 28.3. The van der Waals surface area contributed by atoms with Gasteiger partial charge in [0.05, 0.1) is 11.4 Å². The van der Waals surface area contributed by atoms with Crippen molar-refractivity contribution in [2.45, 2.75) is 78.6 Å². The summed E-state index contributed by atoms with van der Waals surface area (Å²) in [6.07, 6.45) is 0. The van der Waals surface area contributed by atoms with Crippen LogP contribution in [0.2, 0.25) is 0 Å². The largest absolute Gasteiger partial charge is 0.310 e. The number of hydrogen-bond acceptors (Lipinski definition) is 4. The Hall–Kier alpha value is -10.0. The molecule has 2 aliphatic rings. The molecule has 5 heteroatoms. The number of anilines is 6. The predicted molar refractivity (Wildman–Crippen MR) is 415 cm³/mol. The molecule has 17 rings (SSSR count). The lowest BCUT2D eigenvalue weighted by Crippen LogP contribution is -2.61. The quantitative estimate of drug-likeness (QED) is 0.140. The van der Waals surface area contributed by atoms with Crippen LogP contribution in [0, 0.1) is 0 Å². The maximum absolute atomic E-state index is 2.77. The Kier molecular flexibility index (Phi) is 13.8. The summed E-state index contributed by atoms with van der Waals surface area (Å²) in [5, 5.41) is 5.12. The SMILES string of the molecule is CC(C)(C)c1cc(-c2ccccc2)c(N2c3cc4c(cc3B3c5cc6sc7ccccc7c6cc5N(c5c(-c6cccc(-c7ccccc7)c6)cc(C(C)(C)C)cc5-c5cccc(-c6ccccc6)c5)c5cc(C(C)(C)C)cc2c53)sc2ccccc24)c(-c2ccccc2)c1. The third kappa shape index (κ3) is 9.96. The van der Waals surface area contributed by atoms with Crippen LogP contribution < -0.4 is 26.2 Å². The van der Waals surface area contributed by atoms with Gasteiger partial charge in [-0.2, -0.15) is 0 Å². The third-order valence-corrected chi connectivity index (χ3v) is 22.3. The van der Waals surface area contributed by atoms with Crippen LogP contribution in [0.25, 0.3) is 107 Å². The van der Waals surface area contributed by atoms with Crippen LogP contribution in [0.4, 0.5) is 34.1 Å². The van der Waals surface area contributed by atoms with Crippen molar-refractivity contribution in [1.82, 2.24) is 0 Å². The Morgan fingerprint density at radius 3 is 0.947 bits per heavy atom. The van der Waals surface area contributed by atoms with Gasteiger partial charge >= 0.3 is 0 Å². The van der Waals surface area contributed by atoms with Crippen LogP contribution >= 0.6 is 22.7 Å². The lowest BCUT2D eigenvalue weighted by Gasteiger charge is -2.46. The highest BCUT2D eigenvalue weighted by Crippen LogP contribution is 2.57. The molecule has 0 saturated carbocycles. The molecule has 13 aromatic carbocycles. The van der Waals surface area contributed by atoms with Gasteiger partial charge in [-0.3, -0.25) is 0 Å². The molecular formula is C90H73BN2S2. The number of rotatable bonds is 8. The Morgan fingerprint density at radius 2 is 0.568 bits per heavy atom. The molecule has 0 atom stereocenters. The van der Waals surface area contributed by atoms with Crippen molar-refractivity contribution < 1.29 is 0 Å². The molecular weight excluding hydrogens is 1180 g/mol. The molecule has 0 spiro atoms. The fourth-order valence-corrected chi connectivity index (χ4v) is 17.3. The molecule has 0 N–H and O–H groups in total. The standard InChI is InChI=1S/C90H73BN2S2/c1-88(2,3)64-46-69(58-32-18-12-19-33-58)86(70(47-64)59-34-20-13-21-35-59)92-77-52-73-67-40-22-24-42-81(67)94-83(73)54-75(77)91-76-55-84-74(68-41-23-25-43-82(68)95-84)53-78(76)93(80-51-66(90(7,8)9)50-79(92)85(80)91)87-71(62-38-26-36-60(44-62)56-28-14-10-15-29-56)48-65(89(4,5)6)49-72(87)63-39-27-37-61(45-63)57-30-16-11-17-31-57/h10-55H,1-9H3. The monoisotopic (exact) mass is 1260 g/mol. The van der Waals surface area contributed by atoms with Crippen molar-refractivity contribution in [3.8, 4) is 66.8 Å². The summed E-state index contributed by atoms with van der Waals surface area (Å²) in [5.74, 6) is 0. The topological polar surface area (TPSA) is 6.48 Å². The van der Waals surface area contributed by atoms with Gasteiger partial charge in [-0.15, -0.1) is 22.7 Å². The third-order valence-electron chi connectivity index (χ3n) is 20.1. The molecule has 0 aliphatic carbocycles. The minimum absolute atomic E-state index is 0.162. The van der Waals surface area contributed by atoms with Crippen molar-refractivity contribution in [2.24, 2.45) is 0 Å². The molecule has 0 fully saturated rings. The Bertz CT molecular complexity index is 5380. The molecule has 2 nitrogen and oxygen atoms in total. The maximum atomic E-state index is 2.77. The number of benzene rings is 13. The Morgan fingerprint density at radius 1 is 0.253 bits per heavy atom. The van der Waals surface area contributed by atoms with Gasteiger partial charge in [0, 0.05) is 85.3 Å². The minimum Gasteiger partial charge on any atom is -0.310 e. The van der Waals surface area contributed by atoms with Crippen LogP contribution in [-0.2, 0) is 16.2 Å². The van der Waals surface area contributed by atoms with Crippen molar-refractivity contribution in [1.29, 1.82) is 0 Å². The van der Waals surface area contributed by atoms with Crippen LogP contribution in [0.3, 0.4) is 0 Å². The molecule has 2 aliphatic heterocycles. The van der Waals surface area contributed by atoms with Gasteiger partial charge in [-0.05, 0) is 179 Å². The molecule has 2 aromatic heterocycles. The minimum atomic E-state index is -0.295. The summed E-state index contributed by atoms with van der Waals surface area (Å²) < 4.78 is 5.17. The molecule has 4 heterocycles. The van der Waals surface area contributed by atoms with E-state index < -0.39 is 0 Å². The second-order valence-electron chi connectivity index (χ2n) is 29.3. The molecule has 15 aromatic rings. The average Bonchev–Trinajstić information content (AvgIpc) is 1.48. The van der Waals surface area contributed by atoms with E-state index in [1.54, 1.807) is 0 Å². The number of nitrogens with zero attached hydrogens (tertiary/aromatic N) is 2. The van der Waals surface area contributed by atoms with Crippen LogP contribution in [-0.4, -0.2) is 6.71 Å². The first-order valence-electron chi connectivity index (χ1n) is 33.5. The zero-order valence-corrected chi connectivity index (χ0v) is 57.0. The number of fused-ring (bicyclic) bond motifs is 10. The number of hydrogen-bond donors (Lipinski definition) is 0. The normalized spacial score (nSPS) is 13.0. The summed E-state index contributed by atoms with van der Waals surface area (Å²) in [6, 6.07) is 107. The van der Waals surface area contributed by atoms with E-state index in [0.29, 0.717) is 0 Å². The molecule has 0 saturated heterocycles. The number of thiophene rings is 2. The molecule has 0 amide bonds. The van der Waals surface area contributed by atoms with Gasteiger partial charge in [-0.1, -0.05) is 256 Å². The van der Waals surface area contributed by atoms with E-state index in [4.69, 9.17) is 0 Å². The van der Waals surface area contributed by atoms with Crippen LogP contribution in [0.5, 0.6) is 0 Å². The second kappa shape index (κ2) is 22.3. The van der Waals surface area contributed by atoms with Crippen LogP contribution in [0.15, 0.2) is 279 Å². The maximum Gasteiger partial charge on any atom is 0.252 e. The first-order valence-corrected chi connectivity index (χ1v) is 35.1. The van der Waals surface area contributed by atoms with Crippen molar-refractivity contribution in [2.75, 3.05) is 9.80 Å².